The Balaban J connectivity index is 1.99. The third kappa shape index (κ3) is 2.33. The number of rotatable bonds is 2. The second-order valence-corrected chi connectivity index (χ2v) is 6.09. The first-order valence-electron chi connectivity index (χ1n) is 8.17. The Bertz CT molecular complexity index is 1090. The number of methoxy groups -OCH3 is 1. The van der Waals surface area contributed by atoms with Crippen LogP contribution in [0, 0.1) is 11.3 Å². The maximum Gasteiger partial charge on any atom is 0.337 e. The molecule has 0 amide bonds. The molecule has 6 nitrogen and oxygen atoms in total. The highest BCUT2D eigenvalue weighted by molar-refractivity contribution is 5.94. The highest BCUT2D eigenvalue weighted by atomic mass is 16.5. The van der Waals surface area contributed by atoms with E-state index in [1.165, 1.54) is 7.11 Å². The number of allylic oxidation sites excluding steroid dienone is 1. The highest BCUT2D eigenvalue weighted by Crippen LogP contribution is 2.39. The molecule has 2 heterocycles. The van der Waals surface area contributed by atoms with Gasteiger partial charge in [0.15, 0.2) is 0 Å². The summed E-state index contributed by atoms with van der Waals surface area (Å²) in [5.74, 6) is 0.276. The molecular weight excluding hydrogens is 328 g/mol. The molecule has 1 N–H and O–H groups in total. The molecule has 1 atom stereocenters. The molecule has 1 aliphatic heterocycles. The number of hydrogen-bond acceptors (Lipinski definition) is 5. The minimum absolute atomic E-state index is 0.390. The summed E-state index contributed by atoms with van der Waals surface area (Å²) >= 11 is 0. The summed E-state index contributed by atoms with van der Waals surface area (Å²) in [7, 11) is 1.37. The number of carbonyl (C=O) groups is 1. The first kappa shape index (κ1) is 15.9. The molecule has 0 aliphatic carbocycles. The second kappa shape index (κ2) is 6.05. The Morgan fingerprint density at radius 3 is 2.65 bits per heavy atom. The Morgan fingerprint density at radius 2 is 1.96 bits per heavy atom. The summed E-state index contributed by atoms with van der Waals surface area (Å²) in [6.07, 6.45) is 0. The Labute approximate surface area is 150 Å². The molecule has 3 aromatic rings. The van der Waals surface area contributed by atoms with E-state index < -0.39 is 5.97 Å². The van der Waals surface area contributed by atoms with Crippen molar-refractivity contribution >= 4 is 23.0 Å². The first-order valence-corrected chi connectivity index (χ1v) is 8.17. The van der Waals surface area contributed by atoms with Crippen molar-refractivity contribution in [1.29, 1.82) is 5.26 Å². The van der Waals surface area contributed by atoms with Crippen LogP contribution in [0.1, 0.15) is 24.1 Å². The predicted molar refractivity (Wildman–Crippen MR) is 97.4 cm³/mol. The molecule has 0 fully saturated rings. The fraction of sp³-hybridized carbons (Fsp3) is 0.150. The molecule has 26 heavy (non-hydrogen) atoms. The number of nitrogens with zero attached hydrogens (tertiary/aromatic N) is 3. The third-order valence-electron chi connectivity index (χ3n) is 4.59. The summed E-state index contributed by atoms with van der Waals surface area (Å²) in [6, 6.07) is 16.7. The molecule has 6 heteroatoms. The molecule has 0 bridgehead atoms. The predicted octanol–water partition coefficient (Wildman–Crippen LogP) is 3.37. The number of imidazole rings is 1. The van der Waals surface area contributed by atoms with Crippen molar-refractivity contribution in [3.05, 3.63) is 70.9 Å². The smallest absolute Gasteiger partial charge is 0.337 e. The minimum atomic E-state index is -0.396. The summed E-state index contributed by atoms with van der Waals surface area (Å²) in [5, 5.41) is 12.3. The number of carbonyl (C=O) groups excluding carboxylic acids is 1. The second-order valence-electron chi connectivity index (χ2n) is 6.09. The summed E-state index contributed by atoms with van der Waals surface area (Å²) < 4.78 is 7.03. The Hall–Kier alpha value is -3.59. The van der Waals surface area contributed by atoms with Gasteiger partial charge in [-0.25, -0.2) is 9.78 Å². The van der Waals surface area contributed by atoms with Crippen LogP contribution in [0.25, 0.3) is 11.0 Å². The molecule has 0 radical (unpaired) electrons. The molecule has 0 spiro atoms. The zero-order valence-corrected chi connectivity index (χ0v) is 14.4. The zero-order chi connectivity index (χ0) is 18.3. The minimum Gasteiger partial charge on any atom is -0.466 e. The summed E-state index contributed by atoms with van der Waals surface area (Å²) in [4.78, 5) is 17.2. The van der Waals surface area contributed by atoms with Crippen molar-refractivity contribution in [3.63, 3.8) is 0 Å². The van der Waals surface area contributed by atoms with E-state index in [9.17, 15) is 4.79 Å². The lowest BCUT2D eigenvalue weighted by atomic mass is 9.94. The van der Waals surface area contributed by atoms with Crippen LogP contribution in [0.3, 0.4) is 0 Å². The lowest BCUT2D eigenvalue weighted by Crippen LogP contribution is -2.28. The monoisotopic (exact) mass is 344 g/mol. The fourth-order valence-corrected chi connectivity index (χ4v) is 3.39. The molecule has 1 aromatic heterocycles. The van der Waals surface area contributed by atoms with E-state index in [0.29, 0.717) is 22.8 Å². The SMILES string of the molecule is COC(=O)C1=C(C)Nc2nc3ccccc3n2C1c1ccc(C#N)cc1. The van der Waals surface area contributed by atoms with Crippen molar-refractivity contribution in [2.75, 3.05) is 12.4 Å². The van der Waals surface area contributed by atoms with Gasteiger partial charge in [0, 0.05) is 5.70 Å². The van der Waals surface area contributed by atoms with E-state index >= 15 is 0 Å². The number of hydrogen-bond donors (Lipinski definition) is 1. The van der Waals surface area contributed by atoms with Crippen LogP contribution < -0.4 is 5.32 Å². The van der Waals surface area contributed by atoms with E-state index in [1.807, 2.05) is 47.9 Å². The van der Waals surface area contributed by atoms with Gasteiger partial charge >= 0.3 is 5.97 Å². The Morgan fingerprint density at radius 1 is 1.23 bits per heavy atom. The lowest BCUT2D eigenvalue weighted by Gasteiger charge is -2.30. The number of benzene rings is 2. The third-order valence-corrected chi connectivity index (χ3v) is 4.59. The van der Waals surface area contributed by atoms with E-state index in [4.69, 9.17) is 10.00 Å². The number of ether oxygens (including phenoxy) is 1. The molecule has 1 aliphatic rings. The standard InChI is InChI=1S/C20H16N4O2/c1-12-17(19(25)26-2)18(14-9-7-13(11-21)8-10-14)24-16-6-4-3-5-15(16)23-20(24)22-12/h3-10,18H,1-2H3,(H,22,23). The van der Waals surface area contributed by atoms with Crippen LogP contribution in [0.5, 0.6) is 0 Å². The Kier molecular flexibility index (Phi) is 3.70. The van der Waals surface area contributed by atoms with E-state index in [-0.39, 0.29) is 6.04 Å². The number of aromatic nitrogens is 2. The van der Waals surface area contributed by atoms with E-state index in [2.05, 4.69) is 16.4 Å². The molecule has 0 saturated heterocycles. The van der Waals surface area contributed by atoms with Gasteiger partial charge in [-0.3, -0.25) is 4.57 Å². The average Bonchev–Trinajstić information content (AvgIpc) is 3.04. The van der Waals surface area contributed by atoms with Gasteiger partial charge in [0.25, 0.3) is 0 Å². The molecule has 2 aromatic carbocycles. The van der Waals surface area contributed by atoms with Gasteiger partial charge in [-0.15, -0.1) is 0 Å². The van der Waals surface area contributed by atoms with Crippen LogP contribution in [-0.2, 0) is 9.53 Å². The van der Waals surface area contributed by atoms with Gasteiger partial charge in [-0.05, 0) is 36.8 Å². The van der Waals surface area contributed by atoms with E-state index in [0.717, 1.165) is 16.6 Å². The summed E-state index contributed by atoms with van der Waals surface area (Å²) in [5.41, 5.74) is 4.43. The number of para-hydroxylation sites is 2. The van der Waals surface area contributed by atoms with Crippen LogP contribution in [-0.4, -0.2) is 22.6 Å². The number of nitrogens with one attached hydrogen (secondary N) is 1. The number of anilines is 1. The van der Waals surface area contributed by atoms with Gasteiger partial charge in [0.05, 0.1) is 41.4 Å². The average molecular weight is 344 g/mol. The normalized spacial score (nSPS) is 16.0. The molecule has 0 saturated carbocycles. The molecular formula is C20H16N4O2. The van der Waals surface area contributed by atoms with Gasteiger partial charge < -0.3 is 10.1 Å². The highest BCUT2D eigenvalue weighted by Gasteiger charge is 2.34. The molecule has 128 valence electrons. The quantitative estimate of drug-likeness (QED) is 0.721. The number of esters is 1. The van der Waals surface area contributed by atoms with Crippen LogP contribution in [0.2, 0.25) is 0 Å². The summed E-state index contributed by atoms with van der Waals surface area (Å²) in [6.45, 7) is 1.84. The van der Waals surface area contributed by atoms with Gasteiger partial charge in [-0.2, -0.15) is 5.26 Å². The molecule has 1 unspecified atom stereocenters. The van der Waals surface area contributed by atoms with Crippen molar-refractivity contribution in [3.8, 4) is 6.07 Å². The van der Waals surface area contributed by atoms with E-state index in [1.54, 1.807) is 12.1 Å². The topological polar surface area (TPSA) is 79.9 Å². The van der Waals surface area contributed by atoms with Gasteiger partial charge in [0.2, 0.25) is 5.95 Å². The van der Waals surface area contributed by atoms with Crippen molar-refractivity contribution in [2.24, 2.45) is 0 Å². The van der Waals surface area contributed by atoms with Crippen LogP contribution >= 0.6 is 0 Å². The largest absolute Gasteiger partial charge is 0.466 e. The van der Waals surface area contributed by atoms with Crippen molar-refractivity contribution < 1.29 is 9.53 Å². The maximum absolute atomic E-state index is 12.5. The van der Waals surface area contributed by atoms with Crippen molar-refractivity contribution in [2.45, 2.75) is 13.0 Å². The van der Waals surface area contributed by atoms with Crippen LogP contribution in [0.4, 0.5) is 5.95 Å². The van der Waals surface area contributed by atoms with Crippen LogP contribution in [0.15, 0.2) is 59.8 Å². The first-order chi connectivity index (χ1) is 12.6. The van der Waals surface area contributed by atoms with Crippen molar-refractivity contribution in [1.82, 2.24) is 9.55 Å². The lowest BCUT2D eigenvalue weighted by molar-refractivity contribution is -0.136. The zero-order valence-electron chi connectivity index (χ0n) is 14.4. The number of fused-ring (bicyclic) bond motifs is 3. The maximum atomic E-state index is 12.5. The number of nitriles is 1. The van der Waals surface area contributed by atoms with Gasteiger partial charge in [0.1, 0.15) is 0 Å². The molecule has 4 rings (SSSR count). The fourth-order valence-electron chi connectivity index (χ4n) is 3.39. The van der Waals surface area contributed by atoms with Gasteiger partial charge in [-0.1, -0.05) is 24.3 Å².